The van der Waals surface area contributed by atoms with Crippen LogP contribution < -0.4 is 10.6 Å². The zero-order valence-electron chi connectivity index (χ0n) is 10.1. The van der Waals surface area contributed by atoms with Gasteiger partial charge in [0.15, 0.2) is 0 Å². The molecule has 92 valence electrons. The highest BCUT2D eigenvalue weighted by molar-refractivity contribution is 5.83. The second-order valence-electron chi connectivity index (χ2n) is 4.91. The van der Waals surface area contributed by atoms with E-state index in [0.29, 0.717) is 6.54 Å². The maximum absolute atomic E-state index is 12.1. The fourth-order valence-electron chi connectivity index (χ4n) is 2.60. The summed E-state index contributed by atoms with van der Waals surface area (Å²) >= 11 is 0. The fourth-order valence-corrected chi connectivity index (χ4v) is 2.60. The van der Waals surface area contributed by atoms with Gasteiger partial charge in [-0.3, -0.25) is 4.79 Å². The Morgan fingerprint density at radius 2 is 2.50 bits per heavy atom. The van der Waals surface area contributed by atoms with Gasteiger partial charge in [-0.25, -0.2) is 0 Å². The number of carbonyl (C=O) groups excluding carboxylic acids is 1. The molecule has 1 amide bonds. The molecule has 2 atom stereocenters. The van der Waals surface area contributed by atoms with E-state index in [9.17, 15) is 4.79 Å². The lowest BCUT2D eigenvalue weighted by atomic mass is 9.83. The van der Waals surface area contributed by atoms with E-state index in [1.165, 1.54) is 0 Å². The third kappa shape index (κ3) is 2.38. The lowest BCUT2D eigenvalue weighted by Gasteiger charge is -2.26. The maximum atomic E-state index is 12.1. The van der Waals surface area contributed by atoms with E-state index >= 15 is 0 Å². The molecule has 4 heteroatoms. The highest BCUT2D eigenvalue weighted by Crippen LogP contribution is 2.29. The summed E-state index contributed by atoms with van der Waals surface area (Å²) in [6.07, 6.45) is 4.32. The number of nitrogens with one attached hydrogen (secondary N) is 2. The van der Waals surface area contributed by atoms with Crippen LogP contribution in [0.2, 0.25) is 0 Å². The van der Waals surface area contributed by atoms with Crippen LogP contribution in [-0.4, -0.2) is 38.3 Å². The van der Waals surface area contributed by atoms with Crippen LogP contribution in [0.3, 0.4) is 0 Å². The molecule has 0 spiro atoms. The van der Waals surface area contributed by atoms with Gasteiger partial charge in [-0.05, 0) is 32.2 Å². The van der Waals surface area contributed by atoms with Crippen molar-refractivity contribution < 1.29 is 9.53 Å². The summed E-state index contributed by atoms with van der Waals surface area (Å²) in [6.45, 7) is 5.41. The second-order valence-corrected chi connectivity index (χ2v) is 4.91. The minimum Gasteiger partial charge on any atom is -0.376 e. The average Bonchev–Trinajstić information content (AvgIpc) is 2.97. The van der Waals surface area contributed by atoms with Crippen LogP contribution in [0.4, 0.5) is 0 Å². The van der Waals surface area contributed by atoms with Crippen LogP contribution in [-0.2, 0) is 9.53 Å². The van der Waals surface area contributed by atoms with Crippen molar-refractivity contribution in [3.05, 3.63) is 0 Å². The molecule has 0 aromatic carbocycles. The largest absolute Gasteiger partial charge is 0.376 e. The zero-order chi connectivity index (χ0) is 11.4. The minimum absolute atomic E-state index is 0.168. The number of rotatable bonds is 4. The van der Waals surface area contributed by atoms with E-state index in [4.69, 9.17) is 4.74 Å². The van der Waals surface area contributed by atoms with Gasteiger partial charge in [0.25, 0.3) is 0 Å². The molecule has 2 aliphatic heterocycles. The summed E-state index contributed by atoms with van der Waals surface area (Å²) in [5.74, 6) is 0.204. The smallest absolute Gasteiger partial charge is 0.227 e. The van der Waals surface area contributed by atoms with E-state index in [-0.39, 0.29) is 17.4 Å². The van der Waals surface area contributed by atoms with Gasteiger partial charge in [0, 0.05) is 19.7 Å². The second kappa shape index (κ2) is 5.15. The summed E-state index contributed by atoms with van der Waals surface area (Å²) < 4.78 is 5.50. The highest BCUT2D eigenvalue weighted by atomic mass is 16.5. The molecular weight excluding hydrogens is 204 g/mol. The van der Waals surface area contributed by atoms with Crippen LogP contribution in [0.5, 0.6) is 0 Å². The van der Waals surface area contributed by atoms with Crippen molar-refractivity contribution in [1.29, 1.82) is 0 Å². The Labute approximate surface area is 97.1 Å². The average molecular weight is 226 g/mol. The van der Waals surface area contributed by atoms with Crippen molar-refractivity contribution >= 4 is 5.91 Å². The van der Waals surface area contributed by atoms with Crippen molar-refractivity contribution in [3.63, 3.8) is 0 Å². The molecule has 4 nitrogen and oxygen atoms in total. The predicted molar refractivity (Wildman–Crippen MR) is 62.2 cm³/mol. The van der Waals surface area contributed by atoms with E-state index in [1.54, 1.807) is 0 Å². The third-order valence-corrected chi connectivity index (χ3v) is 3.92. The Kier molecular flexibility index (Phi) is 3.82. The SMILES string of the molecule is CCC1(C(=O)NCC2CCCO2)CCNC1. The number of hydrogen-bond acceptors (Lipinski definition) is 3. The Morgan fingerprint density at radius 1 is 1.62 bits per heavy atom. The Bertz CT molecular complexity index is 243. The normalized spacial score (nSPS) is 34.2. The molecule has 2 aliphatic rings. The topological polar surface area (TPSA) is 50.4 Å². The zero-order valence-corrected chi connectivity index (χ0v) is 10.1. The standard InChI is InChI=1S/C12H22N2O2/c1-2-12(5-6-13-9-12)11(15)14-8-10-4-3-7-16-10/h10,13H,2-9H2,1H3,(H,14,15). The third-order valence-electron chi connectivity index (χ3n) is 3.92. The molecule has 0 aromatic heterocycles. The van der Waals surface area contributed by atoms with Crippen LogP contribution >= 0.6 is 0 Å². The Morgan fingerprint density at radius 3 is 3.06 bits per heavy atom. The molecule has 2 unspecified atom stereocenters. The lowest BCUT2D eigenvalue weighted by molar-refractivity contribution is -0.130. The minimum atomic E-state index is -0.168. The van der Waals surface area contributed by atoms with E-state index in [1.807, 2.05) is 0 Å². The molecule has 0 aliphatic carbocycles. The van der Waals surface area contributed by atoms with Gasteiger partial charge >= 0.3 is 0 Å². The molecule has 2 heterocycles. The van der Waals surface area contributed by atoms with Gasteiger partial charge in [-0.15, -0.1) is 0 Å². The molecule has 2 saturated heterocycles. The van der Waals surface area contributed by atoms with Crippen molar-refractivity contribution in [3.8, 4) is 0 Å². The van der Waals surface area contributed by atoms with E-state index in [0.717, 1.165) is 45.4 Å². The molecule has 0 aromatic rings. The van der Waals surface area contributed by atoms with Gasteiger partial charge in [0.05, 0.1) is 11.5 Å². The fraction of sp³-hybridized carbons (Fsp3) is 0.917. The monoisotopic (exact) mass is 226 g/mol. The van der Waals surface area contributed by atoms with Crippen LogP contribution in [0.25, 0.3) is 0 Å². The first kappa shape index (κ1) is 11.9. The van der Waals surface area contributed by atoms with Crippen molar-refractivity contribution in [1.82, 2.24) is 10.6 Å². The number of amides is 1. The molecule has 0 saturated carbocycles. The van der Waals surface area contributed by atoms with Gasteiger partial charge in [0.1, 0.15) is 0 Å². The molecule has 16 heavy (non-hydrogen) atoms. The van der Waals surface area contributed by atoms with Gasteiger partial charge < -0.3 is 15.4 Å². The van der Waals surface area contributed by atoms with Crippen molar-refractivity contribution in [2.24, 2.45) is 5.41 Å². The first-order chi connectivity index (χ1) is 7.77. The molecule has 2 rings (SSSR count). The quantitative estimate of drug-likeness (QED) is 0.741. The number of hydrogen-bond donors (Lipinski definition) is 2. The Hall–Kier alpha value is -0.610. The number of carbonyl (C=O) groups is 1. The molecular formula is C12H22N2O2. The molecule has 2 fully saturated rings. The molecule has 0 radical (unpaired) electrons. The summed E-state index contributed by atoms with van der Waals surface area (Å²) in [6, 6.07) is 0. The summed E-state index contributed by atoms with van der Waals surface area (Å²) in [5.41, 5.74) is -0.168. The summed E-state index contributed by atoms with van der Waals surface area (Å²) in [7, 11) is 0. The highest BCUT2D eigenvalue weighted by Gasteiger charge is 2.39. The van der Waals surface area contributed by atoms with Gasteiger partial charge in [-0.2, -0.15) is 0 Å². The Balaban J connectivity index is 1.81. The first-order valence-electron chi connectivity index (χ1n) is 6.37. The number of ether oxygens (including phenoxy) is 1. The van der Waals surface area contributed by atoms with Crippen molar-refractivity contribution in [2.45, 2.75) is 38.7 Å². The van der Waals surface area contributed by atoms with Crippen LogP contribution in [0, 0.1) is 5.41 Å². The van der Waals surface area contributed by atoms with Crippen LogP contribution in [0.15, 0.2) is 0 Å². The molecule has 0 bridgehead atoms. The van der Waals surface area contributed by atoms with Gasteiger partial charge in [0.2, 0.25) is 5.91 Å². The maximum Gasteiger partial charge on any atom is 0.227 e. The van der Waals surface area contributed by atoms with E-state index < -0.39 is 0 Å². The van der Waals surface area contributed by atoms with Crippen molar-refractivity contribution in [2.75, 3.05) is 26.2 Å². The predicted octanol–water partition coefficient (Wildman–Crippen LogP) is 0.671. The van der Waals surface area contributed by atoms with E-state index in [2.05, 4.69) is 17.6 Å². The summed E-state index contributed by atoms with van der Waals surface area (Å²) in [4.78, 5) is 12.1. The summed E-state index contributed by atoms with van der Waals surface area (Å²) in [5, 5.41) is 6.34. The lowest BCUT2D eigenvalue weighted by Crippen LogP contribution is -2.44. The van der Waals surface area contributed by atoms with Gasteiger partial charge in [-0.1, -0.05) is 6.92 Å². The molecule has 2 N–H and O–H groups in total. The van der Waals surface area contributed by atoms with Crippen LogP contribution in [0.1, 0.15) is 32.6 Å². The first-order valence-corrected chi connectivity index (χ1v) is 6.37.